The Morgan fingerprint density at radius 2 is 2.10 bits per heavy atom. The predicted molar refractivity (Wildman–Crippen MR) is 83.2 cm³/mol. The van der Waals surface area contributed by atoms with Crippen LogP contribution in [0.15, 0.2) is 24.3 Å². The van der Waals surface area contributed by atoms with Gasteiger partial charge in [-0.15, -0.1) is 0 Å². The highest BCUT2D eigenvalue weighted by atomic mass is 32.2. The Labute approximate surface area is 129 Å². The maximum absolute atomic E-state index is 11.3. The molecule has 2 N–H and O–H groups in total. The van der Waals surface area contributed by atoms with E-state index in [-0.39, 0.29) is 5.97 Å². The van der Waals surface area contributed by atoms with Crippen LogP contribution in [0.1, 0.15) is 18.9 Å². The molecule has 5 nitrogen and oxygen atoms in total. The van der Waals surface area contributed by atoms with E-state index in [0.717, 1.165) is 17.3 Å². The van der Waals surface area contributed by atoms with Crippen molar-refractivity contribution >= 4 is 17.7 Å². The lowest BCUT2D eigenvalue weighted by molar-refractivity contribution is -0.144. The normalized spacial score (nSPS) is 11.5. The summed E-state index contributed by atoms with van der Waals surface area (Å²) in [6, 6.07) is 8.51. The van der Waals surface area contributed by atoms with Crippen molar-refractivity contribution in [1.29, 1.82) is 5.26 Å². The van der Waals surface area contributed by atoms with Gasteiger partial charge in [0.2, 0.25) is 0 Å². The zero-order chi connectivity index (χ0) is 15.5. The molecule has 0 heterocycles. The SMILES string of the molecule is CCOC(=O)C(N)CCSCCOc1ccc(C#N)cc1. The number of carbonyl (C=O) groups is 1. The zero-order valence-corrected chi connectivity index (χ0v) is 12.9. The highest BCUT2D eigenvalue weighted by Gasteiger charge is 2.13. The highest BCUT2D eigenvalue weighted by Crippen LogP contribution is 2.12. The van der Waals surface area contributed by atoms with Crippen molar-refractivity contribution in [3.8, 4) is 11.8 Å². The molecule has 0 saturated carbocycles. The average Bonchev–Trinajstić information content (AvgIpc) is 2.51. The number of esters is 1. The number of thioether (sulfide) groups is 1. The molecule has 0 aliphatic heterocycles. The fourth-order valence-corrected chi connectivity index (χ4v) is 2.35. The van der Waals surface area contributed by atoms with E-state index < -0.39 is 6.04 Å². The second-order valence-electron chi connectivity index (χ2n) is 4.24. The average molecular weight is 308 g/mol. The maximum atomic E-state index is 11.3. The topological polar surface area (TPSA) is 85.3 Å². The number of nitrogens with zero attached hydrogens (tertiary/aromatic N) is 1. The van der Waals surface area contributed by atoms with E-state index in [1.165, 1.54) is 0 Å². The van der Waals surface area contributed by atoms with Crippen LogP contribution in [0.25, 0.3) is 0 Å². The molecule has 0 aliphatic carbocycles. The third-order valence-electron chi connectivity index (χ3n) is 2.64. The molecule has 6 heteroatoms. The van der Waals surface area contributed by atoms with Crippen molar-refractivity contribution in [2.75, 3.05) is 24.7 Å². The molecule has 1 aromatic carbocycles. The van der Waals surface area contributed by atoms with Crippen molar-refractivity contribution in [3.63, 3.8) is 0 Å². The summed E-state index contributed by atoms with van der Waals surface area (Å²) in [5.41, 5.74) is 6.31. The molecule has 0 saturated heterocycles. The van der Waals surface area contributed by atoms with Gasteiger partial charge in [0, 0.05) is 5.75 Å². The maximum Gasteiger partial charge on any atom is 0.322 e. The van der Waals surface area contributed by atoms with Crippen molar-refractivity contribution < 1.29 is 14.3 Å². The molecular formula is C15H20N2O3S. The number of carbonyl (C=O) groups excluding carboxylic acids is 1. The summed E-state index contributed by atoms with van der Waals surface area (Å²) < 4.78 is 10.4. The molecule has 1 aromatic rings. The van der Waals surface area contributed by atoms with Gasteiger partial charge in [0.15, 0.2) is 0 Å². The summed E-state index contributed by atoms with van der Waals surface area (Å²) >= 11 is 1.68. The molecule has 114 valence electrons. The van der Waals surface area contributed by atoms with Gasteiger partial charge in [0.1, 0.15) is 11.8 Å². The molecule has 0 amide bonds. The van der Waals surface area contributed by atoms with Gasteiger partial charge < -0.3 is 15.2 Å². The van der Waals surface area contributed by atoms with E-state index in [4.69, 9.17) is 20.5 Å². The fourth-order valence-electron chi connectivity index (χ4n) is 1.52. The first-order valence-corrected chi connectivity index (χ1v) is 7.95. The van der Waals surface area contributed by atoms with Crippen molar-refractivity contribution in [3.05, 3.63) is 29.8 Å². The smallest absolute Gasteiger partial charge is 0.322 e. The van der Waals surface area contributed by atoms with E-state index >= 15 is 0 Å². The third-order valence-corrected chi connectivity index (χ3v) is 3.62. The van der Waals surface area contributed by atoms with Crippen LogP contribution < -0.4 is 10.5 Å². The molecule has 0 aliphatic rings. The van der Waals surface area contributed by atoms with Crippen molar-refractivity contribution in [1.82, 2.24) is 0 Å². The largest absolute Gasteiger partial charge is 0.493 e. The standard InChI is InChI=1S/C15H20N2O3S/c1-2-19-15(18)14(17)7-9-21-10-8-20-13-5-3-12(11-16)4-6-13/h3-6,14H,2,7-10,17H2,1H3. The van der Waals surface area contributed by atoms with Gasteiger partial charge in [-0.1, -0.05) is 0 Å². The van der Waals surface area contributed by atoms with E-state index in [1.807, 2.05) is 0 Å². The van der Waals surface area contributed by atoms with Crippen molar-refractivity contribution in [2.45, 2.75) is 19.4 Å². The lowest BCUT2D eigenvalue weighted by Gasteiger charge is -2.10. The highest BCUT2D eigenvalue weighted by molar-refractivity contribution is 7.99. The fraction of sp³-hybridized carbons (Fsp3) is 0.467. The molecule has 0 radical (unpaired) electrons. The van der Waals surface area contributed by atoms with Crippen LogP contribution in [-0.2, 0) is 9.53 Å². The minimum absolute atomic E-state index is 0.341. The van der Waals surface area contributed by atoms with Gasteiger partial charge >= 0.3 is 5.97 Å². The monoisotopic (exact) mass is 308 g/mol. The molecule has 21 heavy (non-hydrogen) atoms. The Morgan fingerprint density at radius 3 is 2.71 bits per heavy atom. The molecule has 0 fully saturated rings. The number of nitrogens with two attached hydrogens (primary N) is 1. The van der Waals surface area contributed by atoms with Crippen LogP contribution in [0, 0.1) is 11.3 Å². The molecule has 0 aromatic heterocycles. The van der Waals surface area contributed by atoms with E-state index in [1.54, 1.807) is 43.0 Å². The van der Waals surface area contributed by atoms with Gasteiger partial charge in [0.05, 0.1) is 24.8 Å². The summed E-state index contributed by atoms with van der Waals surface area (Å²) in [6.45, 7) is 2.70. The van der Waals surface area contributed by atoms with Gasteiger partial charge in [-0.25, -0.2) is 0 Å². The van der Waals surface area contributed by atoms with E-state index in [9.17, 15) is 4.79 Å². The van der Waals surface area contributed by atoms with E-state index in [2.05, 4.69) is 6.07 Å². The summed E-state index contributed by atoms with van der Waals surface area (Å²) in [7, 11) is 0. The first-order valence-electron chi connectivity index (χ1n) is 6.80. The molecule has 1 atom stereocenters. The summed E-state index contributed by atoms with van der Waals surface area (Å²) in [4.78, 5) is 11.3. The van der Waals surface area contributed by atoms with E-state index in [0.29, 0.717) is 25.2 Å². The molecule has 0 spiro atoms. The second kappa shape index (κ2) is 10.1. The molecule has 1 rings (SSSR count). The first-order chi connectivity index (χ1) is 10.2. The number of nitriles is 1. The zero-order valence-electron chi connectivity index (χ0n) is 12.1. The van der Waals surface area contributed by atoms with Gasteiger partial charge in [-0.3, -0.25) is 4.79 Å². The molecule has 0 bridgehead atoms. The quantitative estimate of drug-likeness (QED) is 0.554. The Balaban J connectivity index is 2.09. The summed E-state index contributed by atoms with van der Waals surface area (Å²) in [5.74, 6) is 2.01. The summed E-state index contributed by atoms with van der Waals surface area (Å²) in [5, 5.41) is 8.68. The number of ether oxygens (including phenoxy) is 2. The number of rotatable bonds is 9. The number of hydrogen-bond acceptors (Lipinski definition) is 6. The Kier molecular flexibility index (Phi) is 8.32. The van der Waals surface area contributed by atoms with Gasteiger partial charge in [-0.2, -0.15) is 17.0 Å². The first kappa shape index (κ1) is 17.3. The van der Waals surface area contributed by atoms with Crippen LogP contribution in [0.5, 0.6) is 5.75 Å². The van der Waals surface area contributed by atoms with Gasteiger partial charge in [-0.05, 0) is 43.4 Å². The van der Waals surface area contributed by atoms with Crippen LogP contribution in [0.4, 0.5) is 0 Å². The van der Waals surface area contributed by atoms with Crippen LogP contribution >= 0.6 is 11.8 Å². The number of benzene rings is 1. The Morgan fingerprint density at radius 1 is 1.38 bits per heavy atom. The van der Waals surface area contributed by atoms with Gasteiger partial charge in [0.25, 0.3) is 0 Å². The minimum Gasteiger partial charge on any atom is -0.493 e. The third kappa shape index (κ3) is 7.02. The van der Waals surface area contributed by atoms with Crippen LogP contribution in [0.3, 0.4) is 0 Å². The minimum atomic E-state index is -0.545. The summed E-state index contributed by atoms with van der Waals surface area (Å²) in [6.07, 6.45) is 0.598. The molecule has 1 unspecified atom stereocenters. The Bertz CT molecular complexity index is 471. The lowest BCUT2D eigenvalue weighted by atomic mass is 10.2. The Hall–Kier alpha value is -1.71. The van der Waals surface area contributed by atoms with Crippen molar-refractivity contribution in [2.24, 2.45) is 5.73 Å². The lowest BCUT2D eigenvalue weighted by Crippen LogP contribution is -2.32. The van der Waals surface area contributed by atoms with Crippen LogP contribution in [0.2, 0.25) is 0 Å². The molecular weight excluding hydrogens is 288 g/mol. The number of hydrogen-bond donors (Lipinski definition) is 1. The predicted octanol–water partition coefficient (Wildman–Crippen LogP) is 1.95. The second-order valence-corrected chi connectivity index (χ2v) is 5.47. The van der Waals surface area contributed by atoms with Crippen LogP contribution in [-0.4, -0.2) is 36.7 Å².